The fraction of sp³-hybridized carbons (Fsp3) is 0.778. The molecule has 514 valence electrons. The number of nitrogens with zero attached hydrogens (tertiary/aromatic N) is 6. The van der Waals surface area contributed by atoms with Crippen molar-refractivity contribution in [2.45, 2.75) is 257 Å². The van der Waals surface area contributed by atoms with E-state index in [0.717, 1.165) is 108 Å². The number of carbonyl (C=O) groups excluding carboxylic acids is 1. The first-order valence-corrected chi connectivity index (χ1v) is 36.1. The molecule has 1 aromatic carbocycles. The van der Waals surface area contributed by atoms with Crippen LogP contribution in [0, 0.1) is 23.7 Å². The quantitative estimate of drug-likeness (QED) is 0.105. The number of fused-ring (bicyclic) bond motifs is 4. The summed E-state index contributed by atoms with van der Waals surface area (Å²) in [5, 5.41) is 24.1. The molecule has 4 saturated heterocycles. The number of allylic oxidation sites excluding steroid dienone is 2. The minimum Gasteiger partial charge on any atom is -0.390 e. The van der Waals surface area contributed by atoms with Crippen LogP contribution in [0.3, 0.4) is 0 Å². The van der Waals surface area contributed by atoms with Crippen LogP contribution in [0.5, 0.6) is 0 Å². The van der Waals surface area contributed by atoms with Crippen LogP contribution in [-0.2, 0) is 26.9 Å². The van der Waals surface area contributed by atoms with Crippen LogP contribution in [-0.4, -0.2) is 188 Å². The molecule has 13 atom stereocenters. The monoisotopic (exact) mass is 1290 g/mol. The van der Waals surface area contributed by atoms with E-state index in [0.29, 0.717) is 81.1 Å². The number of hydrogen-bond acceptors (Lipinski definition) is 14. The van der Waals surface area contributed by atoms with Crippen LogP contribution in [0.2, 0.25) is 5.02 Å². The summed E-state index contributed by atoms with van der Waals surface area (Å²) in [7, 11) is 4.11. The number of nitrogens with one attached hydrogen (secondary N) is 6. The van der Waals surface area contributed by atoms with E-state index in [4.69, 9.17) is 26.1 Å². The summed E-state index contributed by atoms with van der Waals surface area (Å²) in [6.45, 7) is 30.9. The topological polar surface area (TPSA) is 136 Å². The summed E-state index contributed by atoms with van der Waals surface area (Å²) < 4.78 is 53.3. The standard InChI is InChI=1S/C72H120ClF3N12O3/c1-13-38-90-47-62-43-84(11)37-35-79-58(25-23-56-24-28-63(64(73)40-56)72(74,75)76)29-32-77-33-34-78-48-71(30-17-18-31-71)83-53(8)69(57-20-15-16-21-57)87-55(10)68(70(89)88-60-26-27-61(88)46-91-45-60)67(87)42-80-52(7)65(39-49(3)4)81-41-66(50(5)14-2)82-51(6)54(9)86-36-19-22-59(86)44-85(62)12/h24,28-29,32,35,37,40,43-44,49-55,57,60-61,65-69,77-78,80-83H,13-23,25-27,30-31,33-34,36,38-39,41-42,45-48H2,1-12H3/t50-,51?,52?,53?,54-,55?,60?,61?,65-,66+,67?,68-,69+/m0/s1. The van der Waals surface area contributed by atoms with Crippen molar-refractivity contribution in [3.63, 3.8) is 0 Å². The van der Waals surface area contributed by atoms with Gasteiger partial charge in [-0.1, -0.05) is 84.4 Å². The zero-order valence-corrected chi connectivity index (χ0v) is 58.6. The third-order valence-corrected chi connectivity index (χ3v) is 22.1. The van der Waals surface area contributed by atoms with Crippen molar-refractivity contribution in [1.82, 2.24) is 56.4 Å². The van der Waals surface area contributed by atoms with Crippen LogP contribution >= 0.6 is 11.6 Å². The second-order valence-electron chi connectivity index (χ2n) is 29.0. The van der Waals surface area contributed by atoms with Gasteiger partial charge in [0.1, 0.15) is 0 Å². The van der Waals surface area contributed by atoms with Crippen molar-refractivity contribution >= 4 is 23.2 Å². The van der Waals surface area contributed by atoms with Gasteiger partial charge in [-0.2, -0.15) is 13.2 Å². The van der Waals surface area contributed by atoms with Crippen LogP contribution < -0.4 is 31.9 Å². The van der Waals surface area contributed by atoms with Gasteiger partial charge in [-0.3, -0.25) is 14.7 Å². The Kier molecular flexibility index (Phi) is 28.0. The predicted molar refractivity (Wildman–Crippen MR) is 367 cm³/mol. The maximum absolute atomic E-state index is 15.3. The van der Waals surface area contributed by atoms with E-state index in [1.165, 1.54) is 56.4 Å². The van der Waals surface area contributed by atoms with Crippen molar-refractivity contribution in [1.29, 1.82) is 0 Å². The number of rotatable bonds is 13. The van der Waals surface area contributed by atoms with Gasteiger partial charge in [0.2, 0.25) is 5.91 Å². The summed E-state index contributed by atoms with van der Waals surface area (Å²) in [4.78, 5) is 32.2. The fourth-order valence-corrected chi connectivity index (χ4v) is 16.6. The van der Waals surface area contributed by atoms with Gasteiger partial charge in [0.05, 0.1) is 54.1 Å². The van der Waals surface area contributed by atoms with Gasteiger partial charge in [-0.25, -0.2) is 0 Å². The second kappa shape index (κ2) is 34.8. The molecule has 6 N–H and O–H groups in total. The molecule has 8 rings (SSSR count). The SMILES string of the molecule is CCCOCC1=CN(C)C=CN=C(CCc2ccc(C(F)(F)F)c(Cl)c2)C=CNCCNCC2(CCCC2)NC(C)[C@H](C2CCCC2)N2C(C)[C@H](C(=O)N3C4CCC3COC4)C2CNC(C)[C@H](CC(C)C)NC[C@H]([C@@H](C)CC)NC(C)[C@H](C)N2CCCC2=CN1C. The van der Waals surface area contributed by atoms with E-state index in [9.17, 15) is 13.2 Å². The first kappa shape index (κ1) is 73.1. The van der Waals surface area contributed by atoms with Crippen molar-refractivity contribution in [2.24, 2.45) is 28.7 Å². The highest BCUT2D eigenvalue weighted by atomic mass is 35.5. The number of likely N-dealkylation sites (N-methyl/N-ethyl adjacent to an activating group) is 1. The van der Waals surface area contributed by atoms with Crippen LogP contribution in [0.15, 0.2) is 71.7 Å². The van der Waals surface area contributed by atoms with Gasteiger partial charge in [0.15, 0.2) is 0 Å². The Bertz CT molecular complexity index is 2560. The molecule has 0 aromatic heterocycles. The fourth-order valence-electron chi connectivity index (χ4n) is 16.3. The molecule has 1 amide bonds. The minimum absolute atomic E-state index is 0.0442. The van der Waals surface area contributed by atoms with E-state index in [1.807, 2.05) is 30.4 Å². The summed E-state index contributed by atoms with van der Waals surface area (Å²) in [6.07, 6.45) is 25.2. The van der Waals surface area contributed by atoms with E-state index in [1.54, 1.807) is 6.20 Å². The molecule has 2 aliphatic carbocycles. The van der Waals surface area contributed by atoms with E-state index >= 15 is 4.79 Å². The Labute approximate surface area is 552 Å². The molecule has 1 aromatic rings. The van der Waals surface area contributed by atoms with E-state index < -0.39 is 11.7 Å². The summed E-state index contributed by atoms with van der Waals surface area (Å²) in [5.41, 5.74) is 2.91. The van der Waals surface area contributed by atoms with Crippen molar-refractivity contribution < 1.29 is 27.4 Å². The van der Waals surface area contributed by atoms with Gasteiger partial charge in [0.25, 0.3) is 0 Å². The van der Waals surface area contributed by atoms with E-state index in [-0.39, 0.29) is 76.9 Å². The molecule has 19 heteroatoms. The highest BCUT2D eigenvalue weighted by Crippen LogP contribution is 2.45. The predicted octanol–water partition coefficient (Wildman–Crippen LogP) is 11.7. The summed E-state index contributed by atoms with van der Waals surface area (Å²) >= 11 is 6.19. The van der Waals surface area contributed by atoms with E-state index in [2.05, 4.69) is 140 Å². The Morgan fingerprint density at radius 1 is 0.879 bits per heavy atom. The average Bonchev–Trinajstić information content (AvgIpc) is 1.87. The number of halogens is 4. The van der Waals surface area contributed by atoms with Crippen molar-refractivity contribution in [2.75, 3.05) is 79.8 Å². The Balaban J connectivity index is 1.09. The molecule has 5 heterocycles. The molecule has 91 heavy (non-hydrogen) atoms. The highest BCUT2D eigenvalue weighted by Gasteiger charge is 2.58. The Hall–Kier alpha value is -3.72. The Morgan fingerprint density at radius 2 is 1.62 bits per heavy atom. The molecule has 5 aliphatic heterocycles. The zero-order chi connectivity index (χ0) is 65.4. The largest absolute Gasteiger partial charge is 0.417 e. The van der Waals surface area contributed by atoms with Crippen LogP contribution in [0.1, 0.15) is 183 Å². The van der Waals surface area contributed by atoms with Crippen LogP contribution in [0.4, 0.5) is 13.2 Å². The lowest BCUT2D eigenvalue weighted by atomic mass is 9.73. The van der Waals surface area contributed by atoms with Gasteiger partial charge in [0, 0.05) is 156 Å². The van der Waals surface area contributed by atoms with Gasteiger partial charge in [-0.15, -0.1) is 0 Å². The normalized spacial score (nSPS) is 31.6. The number of morpholine rings is 1. The maximum atomic E-state index is 15.3. The second-order valence-corrected chi connectivity index (χ2v) is 29.4. The number of aliphatic imine (C=N–C) groups is 1. The number of alkyl halides is 3. The first-order chi connectivity index (χ1) is 43.6. The lowest BCUT2D eigenvalue weighted by Crippen LogP contribution is -2.76. The summed E-state index contributed by atoms with van der Waals surface area (Å²) in [5.74, 6) is 1.78. The van der Waals surface area contributed by atoms with Gasteiger partial charge < -0.3 is 61.0 Å². The Morgan fingerprint density at radius 3 is 2.30 bits per heavy atom. The number of benzene rings is 1. The molecule has 7 aliphatic rings. The molecule has 15 nitrogen and oxygen atoms in total. The average molecular weight is 1290 g/mol. The van der Waals surface area contributed by atoms with Crippen molar-refractivity contribution in [3.05, 3.63) is 82.8 Å². The number of ether oxygens (including phenoxy) is 2. The third kappa shape index (κ3) is 19.7. The summed E-state index contributed by atoms with van der Waals surface area (Å²) in [6, 6.07) is 6.19. The number of amides is 1. The number of carbonyl (C=O) groups is 1. The third-order valence-electron chi connectivity index (χ3n) is 21.8. The van der Waals surface area contributed by atoms with Crippen molar-refractivity contribution in [3.8, 4) is 0 Å². The number of aryl methyl sites for hydroxylation is 1. The molecular weight excluding hydrogens is 1170 g/mol. The smallest absolute Gasteiger partial charge is 0.390 e. The van der Waals surface area contributed by atoms with Gasteiger partial charge in [-0.05, 0) is 159 Å². The molecule has 2 saturated carbocycles. The highest BCUT2D eigenvalue weighted by molar-refractivity contribution is 6.31. The molecule has 1 spiro atoms. The first-order valence-electron chi connectivity index (χ1n) is 35.7. The molecule has 0 radical (unpaired) electrons. The maximum Gasteiger partial charge on any atom is 0.417 e. The number of hydrogen-bond donors (Lipinski definition) is 6. The lowest BCUT2D eigenvalue weighted by molar-refractivity contribution is -0.170. The minimum atomic E-state index is -4.53. The zero-order valence-electron chi connectivity index (χ0n) is 57.9. The molecule has 6 fully saturated rings. The lowest BCUT2D eigenvalue weighted by Gasteiger charge is -2.60. The molecule has 2 bridgehead atoms. The van der Waals surface area contributed by atoms with Crippen LogP contribution in [0.25, 0.3) is 0 Å². The molecule has 7 unspecified atom stereocenters. The van der Waals surface area contributed by atoms with Gasteiger partial charge >= 0.3 is 6.18 Å². The molecular formula is C72H120ClF3N12O3.